The predicted octanol–water partition coefficient (Wildman–Crippen LogP) is 3.28. The van der Waals surface area contributed by atoms with Gasteiger partial charge in [-0.3, -0.25) is 0 Å². The van der Waals surface area contributed by atoms with Crippen molar-refractivity contribution in [1.82, 2.24) is 0 Å². The van der Waals surface area contributed by atoms with E-state index >= 15 is 0 Å². The summed E-state index contributed by atoms with van der Waals surface area (Å²) in [4.78, 5) is 0. The summed E-state index contributed by atoms with van der Waals surface area (Å²) < 4.78 is 0. The average molecular weight is 158 g/mol. The Hall–Kier alpha value is -1.04. The number of aryl methyl sites for hydroxylation is 1. The van der Waals surface area contributed by atoms with Crippen LogP contribution in [0.4, 0.5) is 0 Å². The molecule has 1 aromatic rings. The molecular formula is C12H14. The molecule has 0 unspecified atom stereocenters. The van der Waals surface area contributed by atoms with Crippen LogP contribution in [0.3, 0.4) is 0 Å². The highest BCUT2D eigenvalue weighted by Crippen LogP contribution is 2.33. The Labute approximate surface area is 73.9 Å². The first-order valence-corrected chi connectivity index (χ1v) is 4.56. The zero-order valence-corrected chi connectivity index (χ0v) is 7.51. The summed E-state index contributed by atoms with van der Waals surface area (Å²) in [7, 11) is 0. The topological polar surface area (TPSA) is 0 Å². The third-order valence-corrected chi connectivity index (χ3v) is 2.80. The SMILES string of the molecule is C=C1c2ccccc2CC[C@@H]1C. The van der Waals surface area contributed by atoms with Gasteiger partial charge >= 0.3 is 0 Å². The fourth-order valence-corrected chi connectivity index (χ4v) is 1.86. The highest BCUT2D eigenvalue weighted by Gasteiger charge is 2.17. The summed E-state index contributed by atoms with van der Waals surface area (Å²) in [5.74, 6) is 0.667. The molecule has 1 aliphatic rings. The number of hydrogen-bond donors (Lipinski definition) is 0. The Morgan fingerprint density at radius 1 is 1.33 bits per heavy atom. The second-order valence-electron chi connectivity index (χ2n) is 3.62. The minimum atomic E-state index is 0.667. The molecule has 2 rings (SSSR count). The first-order chi connectivity index (χ1) is 5.79. The average Bonchev–Trinajstić information content (AvgIpc) is 2.12. The van der Waals surface area contributed by atoms with Gasteiger partial charge in [0.25, 0.3) is 0 Å². The molecule has 0 heteroatoms. The Balaban J connectivity index is 2.49. The van der Waals surface area contributed by atoms with Gasteiger partial charge in [0.05, 0.1) is 0 Å². The van der Waals surface area contributed by atoms with Crippen molar-refractivity contribution in [2.45, 2.75) is 19.8 Å². The Morgan fingerprint density at radius 2 is 2.08 bits per heavy atom. The normalized spacial score (nSPS) is 22.1. The zero-order chi connectivity index (χ0) is 8.55. The maximum atomic E-state index is 4.14. The highest BCUT2D eigenvalue weighted by atomic mass is 14.2. The quantitative estimate of drug-likeness (QED) is 0.543. The van der Waals surface area contributed by atoms with Gasteiger partial charge < -0.3 is 0 Å². The molecule has 0 saturated carbocycles. The summed E-state index contributed by atoms with van der Waals surface area (Å²) in [6.07, 6.45) is 2.48. The van der Waals surface area contributed by atoms with E-state index in [1.807, 2.05) is 0 Å². The van der Waals surface area contributed by atoms with Crippen molar-refractivity contribution in [2.75, 3.05) is 0 Å². The number of hydrogen-bond acceptors (Lipinski definition) is 0. The molecule has 1 atom stereocenters. The van der Waals surface area contributed by atoms with Crippen molar-refractivity contribution < 1.29 is 0 Å². The van der Waals surface area contributed by atoms with Crippen LogP contribution >= 0.6 is 0 Å². The minimum absolute atomic E-state index is 0.667. The lowest BCUT2D eigenvalue weighted by Gasteiger charge is -2.23. The van der Waals surface area contributed by atoms with Crippen molar-refractivity contribution in [1.29, 1.82) is 0 Å². The van der Waals surface area contributed by atoms with Gasteiger partial charge in [-0.05, 0) is 35.5 Å². The van der Waals surface area contributed by atoms with Crippen LogP contribution in [0.1, 0.15) is 24.5 Å². The summed E-state index contributed by atoms with van der Waals surface area (Å²) >= 11 is 0. The fraction of sp³-hybridized carbons (Fsp3) is 0.333. The van der Waals surface area contributed by atoms with E-state index in [-0.39, 0.29) is 0 Å². The molecule has 12 heavy (non-hydrogen) atoms. The van der Waals surface area contributed by atoms with Crippen molar-refractivity contribution in [3.8, 4) is 0 Å². The van der Waals surface area contributed by atoms with Crippen LogP contribution in [0, 0.1) is 5.92 Å². The van der Waals surface area contributed by atoms with Gasteiger partial charge in [-0.25, -0.2) is 0 Å². The van der Waals surface area contributed by atoms with Crippen LogP contribution in [0.25, 0.3) is 5.57 Å². The molecule has 62 valence electrons. The van der Waals surface area contributed by atoms with Crippen LogP contribution in [-0.2, 0) is 6.42 Å². The Kier molecular flexibility index (Phi) is 1.76. The fourth-order valence-electron chi connectivity index (χ4n) is 1.86. The van der Waals surface area contributed by atoms with Gasteiger partial charge in [0.2, 0.25) is 0 Å². The third-order valence-electron chi connectivity index (χ3n) is 2.80. The zero-order valence-electron chi connectivity index (χ0n) is 7.51. The van der Waals surface area contributed by atoms with E-state index in [0.717, 1.165) is 0 Å². The van der Waals surface area contributed by atoms with Crippen LogP contribution < -0.4 is 0 Å². The summed E-state index contributed by atoms with van der Waals surface area (Å²) in [5, 5.41) is 0. The molecule has 0 amide bonds. The molecule has 1 aliphatic carbocycles. The monoisotopic (exact) mass is 158 g/mol. The van der Waals surface area contributed by atoms with Gasteiger partial charge in [0.15, 0.2) is 0 Å². The lowest BCUT2D eigenvalue weighted by atomic mass is 9.81. The van der Waals surface area contributed by atoms with Gasteiger partial charge in [-0.2, -0.15) is 0 Å². The van der Waals surface area contributed by atoms with Crippen molar-refractivity contribution >= 4 is 5.57 Å². The Bertz CT molecular complexity index is 310. The summed E-state index contributed by atoms with van der Waals surface area (Å²) in [6, 6.07) is 8.61. The lowest BCUT2D eigenvalue weighted by molar-refractivity contribution is 0.644. The van der Waals surface area contributed by atoms with Gasteiger partial charge in [0, 0.05) is 0 Å². The van der Waals surface area contributed by atoms with Crippen molar-refractivity contribution in [2.24, 2.45) is 5.92 Å². The van der Waals surface area contributed by atoms with Crippen LogP contribution in [0.5, 0.6) is 0 Å². The van der Waals surface area contributed by atoms with Gasteiger partial charge in [-0.15, -0.1) is 0 Å². The van der Waals surface area contributed by atoms with E-state index in [4.69, 9.17) is 0 Å². The maximum absolute atomic E-state index is 4.14. The van der Waals surface area contributed by atoms with Gasteiger partial charge in [-0.1, -0.05) is 37.8 Å². The predicted molar refractivity (Wildman–Crippen MR) is 53.0 cm³/mol. The van der Waals surface area contributed by atoms with E-state index in [1.165, 1.54) is 29.5 Å². The van der Waals surface area contributed by atoms with Crippen molar-refractivity contribution in [3.63, 3.8) is 0 Å². The summed E-state index contributed by atoms with van der Waals surface area (Å²) in [6.45, 7) is 6.40. The second-order valence-corrected chi connectivity index (χ2v) is 3.62. The number of benzene rings is 1. The second kappa shape index (κ2) is 2.78. The van der Waals surface area contributed by atoms with E-state index in [1.54, 1.807) is 0 Å². The lowest BCUT2D eigenvalue weighted by Crippen LogP contribution is -2.08. The Morgan fingerprint density at radius 3 is 2.92 bits per heavy atom. The van der Waals surface area contributed by atoms with Crippen LogP contribution in [0.15, 0.2) is 30.8 Å². The number of rotatable bonds is 0. The molecule has 0 N–H and O–H groups in total. The molecular weight excluding hydrogens is 144 g/mol. The molecule has 0 radical (unpaired) electrons. The molecule has 1 aromatic carbocycles. The first-order valence-electron chi connectivity index (χ1n) is 4.56. The number of fused-ring (bicyclic) bond motifs is 1. The van der Waals surface area contributed by atoms with Crippen LogP contribution in [-0.4, -0.2) is 0 Å². The van der Waals surface area contributed by atoms with E-state index in [2.05, 4.69) is 37.8 Å². The molecule has 0 fully saturated rings. The summed E-state index contributed by atoms with van der Waals surface area (Å²) in [5.41, 5.74) is 4.17. The minimum Gasteiger partial charge on any atom is -0.0950 e. The van der Waals surface area contributed by atoms with Crippen molar-refractivity contribution in [3.05, 3.63) is 42.0 Å². The van der Waals surface area contributed by atoms with Crippen LogP contribution in [0.2, 0.25) is 0 Å². The van der Waals surface area contributed by atoms with Gasteiger partial charge in [0.1, 0.15) is 0 Å². The molecule has 0 aliphatic heterocycles. The molecule has 0 saturated heterocycles. The first kappa shape index (κ1) is 7.60. The molecule has 0 bridgehead atoms. The number of allylic oxidation sites excluding steroid dienone is 1. The molecule has 0 aromatic heterocycles. The van der Waals surface area contributed by atoms with E-state index in [9.17, 15) is 0 Å². The molecule has 0 nitrogen and oxygen atoms in total. The largest absolute Gasteiger partial charge is 0.0950 e. The molecule has 0 heterocycles. The maximum Gasteiger partial charge on any atom is -0.0187 e. The van der Waals surface area contributed by atoms with E-state index in [0.29, 0.717) is 5.92 Å². The smallest absolute Gasteiger partial charge is 0.0187 e. The van der Waals surface area contributed by atoms with E-state index < -0.39 is 0 Å². The third kappa shape index (κ3) is 1.08. The standard InChI is InChI=1S/C12H14/c1-9-7-8-11-5-3-4-6-12(11)10(9)2/h3-6,9H,2,7-8H2,1H3/t9-/m0/s1. The molecule has 0 spiro atoms. The highest BCUT2D eigenvalue weighted by molar-refractivity contribution is 5.69.